The summed E-state index contributed by atoms with van der Waals surface area (Å²) in [6, 6.07) is 15.3. The van der Waals surface area contributed by atoms with Crippen LogP contribution in [0.4, 0.5) is 0 Å². The standard InChI is InChI=1S/C22H24N2O4S/c1-15-7-6-9-17(11-15)22-24-19(16(2)28-22)13-29(26)14-21(25)23-12-18-8-4-5-10-20(18)27-3/h4-11H,12-14H2,1-3H3,(H,23,25)/t29-/m0/s1. The molecular weight excluding hydrogens is 388 g/mol. The summed E-state index contributed by atoms with van der Waals surface area (Å²) in [6.07, 6.45) is 0. The minimum absolute atomic E-state index is 0.0960. The Morgan fingerprint density at radius 2 is 1.97 bits per heavy atom. The summed E-state index contributed by atoms with van der Waals surface area (Å²) in [5.41, 5.74) is 3.46. The van der Waals surface area contributed by atoms with Crippen LogP contribution >= 0.6 is 0 Å². The number of amides is 1. The molecule has 152 valence electrons. The SMILES string of the molecule is COc1ccccc1CNC(=O)C[S@@](=O)Cc1nc(-c2cccc(C)c2)oc1C. The van der Waals surface area contributed by atoms with Gasteiger partial charge in [0, 0.05) is 28.5 Å². The highest BCUT2D eigenvalue weighted by Crippen LogP contribution is 2.23. The number of para-hydroxylation sites is 1. The van der Waals surface area contributed by atoms with Gasteiger partial charge in [-0.3, -0.25) is 9.00 Å². The maximum Gasteiger partial charge on any atom is 0.232 e. The molecule has 3 aromatic rings. The summed E-state index contributed by atoms with van der Waals surface area (Å²) in [5.74, 6) is 1.61. The van der Waals surface area contributed by atoms with Crippen LogP contribution in [0.5, 0.6) is 5.75 Å². The summed E-state index contributed by atoms with van der Waals surface area (Å²) in [6.45, 7) is 4.11. The van der Waals surface area contributed by atoms with E-state index in [-0.39, 0.29) is 17.4 Å². The van der Waals surface area contributed by atoms with E-state index in [0.717, 1.165) is 16.7 Å². The maximum atomic E-state index is 12.5. The van der Waals surface area contributed by atoms with Crippen molar-refractivity contribution in [2.45, 2.75) is 26.1 Å². The Morgan fingerprint density at radius 3 is 2.72 bits per heavy atom. The molecule has 0 bridgehead atoms. The molecule has 0 spiro atoms. The number of aryl methyl sites for hydroxylation is 2. The molecule has 1 amide bonds. The second-order valence-electron chi connectivity index (χ2n) is 6.71. The van der Waals surface area contributed by atoms with E-state index in [2.05, 4.69) is 10.3 Å². The highest BCUT2D eigenvalue weighted by molar-refractivity contribution is 7.84. The van der Waals surface area contributed by atoms with Gasteiger partial charge in [-0.05, 0) is 32.0 Å². The number of hydrogen-bond donors (Lipinski definition) is 1. The van der Waals surface area contributed by atoms with Crippen molar-refractivity contribution in [3.05, 3.63) is 71.1 Å². The van der Waals surface area contributed by atoms with Gasteiger partial charge in [0.2, 0.25) is 11.8 Å². The molecule has 0 saturated carbocycles. The van der Waals surface area contributed by atoms with Gasteiger partial charge in [-0.15, -0.1) is 0 Å². The van der Waals surface area contributed by atoms with E-state index in [4.69, 9.17) is 9.15 Å². The van der Waals surface area contributed by atoms with Crippen LogP contribution in [0, 0.1) is 13.8 Å². The molecule has 29 heavy (non-hydrogen) atoms. The van der Waals surface area contributed by atoms with Gasteiger partial charge in [0.05, 0.1) is 18.6 Å². The zero-order valence-electron chi connectivity index (χ0n) is 16.7. The Bertz CT molecular complexity index is 1030. The third kappa shape index (κ3) is 5.54. The fraction of sp³-hybridized carbons (Fsp3) is 0.273. The second-order valence-corrected chi connectivity index (χ2v) is 8.17. The minimum atomic E-state index is -1.39. The van der Waals surface area contributed by atoms with E-state index in [9.17, 15) is 9.00 Å². The molecule has 6 nitrogen and oxygen atoms in total. The van der Waals surface area contributed by atoms with E-state index in [1.165, 1.54) is 0 Å². The van der Waals surface area contributed by atoms with Crippen LogP contribution in [0.3, 0.4) is 0 Å². The van der Waals surface area contributed by atoms with Gasteiger partial charge in [-0.1, -0.05) is 35.9 Å². The smallest absolute Gasteiger partial charge is 0.232 e. The number of hydrogen-bond acceptors (Lipinski definition) is 5. The molecule has 0 aliphatic heterocycles. The van der Waals surface area contributed by atoms with Crippen molar-refractivity contribution in [1.82, 2.24) is 10.3 Å². The van der Waals surface area contributed by atoms with Crippen molar-refractivity contribution in [2.24, 2.45) is 0 Å². The largest absolute Gasteiger partial charge is 0.496 e. The summed E-state index contributed by atoms with van der Waals surface area (Å²) in [5, 5.41) is 2.79. The van der Waals surface area contributed by atoms with Crippen molar-refractivity contribution < 1.29 is 18.2 Å². The number of benzene rings is 2. The fourth-order valence-electron chi connectivity index (χ4n) is 2.91. The number of carbonyl (C=O) groups excluding carboxylic acids is 1. The molecule has 0 unspecified atom stereocenters. The zero-order chi connectivity index (χ0) is 20.8. The Kier molecular flexibility index (Phi) is 6.82. The predicted octanol–water partition coefficient (Wildman–Crippen LogP) is 3.53. The van der Waals surface area contributed by atoms with Crippen LogP contribution in [0.15, 0.2) is 52.9 Å². The van der Waals surface area contributed by atoms with Crippen molar-refractivity contribution >= 4 is 16.7 Å². The van der Waals surface area contributed by atoms with Crippen LogP contribution < -0.4 is 10.1 Å². The lowest BCUT2D eigenvalue weighted by Gasteiger charge is -2.09. The zero-order valence-corrected chi connectivity index (χ0v) is 17.5. The number of nitrogens with zero attached hydrogens (tertiary/aromatic N) is 1. The molecule has 7 heteroatoms. The lowest BCUT2D eigenvalue weighted by Crippen LogP contribution is -2.28. The number of nitrogens with one attached hydrogen (secondary N) is 1. The Hall–Kier alpha value is -2.93. The van der Waals surface area contributed by atoms with Crippen molar-refractivity contribution in [1.29, 1.82) is 0 Å². The van der Waals surface area contributed by atoms with Crippen LogP contribution in [-0.2, 0) is 27.9 Å². The minimum Gasteiger partial charge on any atom is -0.496 e. The lowest BCUT2D eigenvalue weighted by atomic mass is 10.1. The average molecular weight is 413 g/mol. The molecule has 0 fully saturated rings. The molecule has 2 aromatic carbocycles. The first-order valence-corrected chi connectivity index (χ1v) is 10.7. The third-order valence-corrected chi connectivity index (χ3v) is 5.60. The Balaban J connectivity index is 1.57. The quantitative estimate of drug-likeness (QED) is 0.612. The van der Waals surface area contributed by atoms with Gasteiger partial charge in [0.1, 0.15) is 17.3 Å². The van der Waals surface area contributed by atoms with E-state index < -0.39 is 10.8 Å². The van der Waals surface area contributed by atoms with Crippen LogP contribution in [0.25, 0.3) is 11.5 Å². The van der Waals surface area contributed by atoms with Gasteiger partial charge in [-0.25, -0.2) is 4.98 Å². The molecule has 1 heterocycles. The summed E-state index contributed by atoms with van der Waals surface area (Å²) in [7, 11) is 0.195. The van der Waals surface area contributed by atoms with Crippen molar-refractivity contribution in [3.8, 4) is 17.2 Å². The van der Waals surface area contributed by atoms with E-state index >= 15 is 0 Å². The van der Waals surface area contributed by atoms with Crippen LogP contribution in [-0.4, -0.2) is 28.0 Å². The first-order valence-electron chi connectivity index (χ1n) is 9.23. The van der Waals surface area contributed by atoms with Gasteiger partial charge in [0.15, 0.2) is 0 Å². The van der Waals surface area contributed by atoms with E-state index in [1.54, 1.807) is 14.0 Å². The molecule has 0 aliphatic rings. The monoisotopic (exact) mass is 412 g/mol. The van der Waals surface area contributed by atoms with Gasteiger partial charge in [-0.2, -0.15) is 0 Å². The van der Waals surface area contributed by atoms with Gasteiger partial charge >= 0.3 is 0 Å². The molecule has 1 N–H and O–H groups in total. The number of methoxy groups -OCH3 is 1. The van der Waals surface area contributed by atoms with E-state index in [1.807, 2.05) is 55.5 Å². The number of ether oxygens (including phenoxy) is 1. The Morgan fingerprint density at radius 1 is 1.17 bits per heavy atom. The number of aromatic nitrogens is 1. The average Bonchev–Trinajstić information content (AvgIpc) is 3.06. The topological polar surface area (TPSA) is 81.4 Å². The third-order valence-electron chi connectivity index (χ3n) is 4.42. The number of rotatable bonds is 8. The lowest BCUT2D eigenvalue weighted by molar-refractivity contribution is -0.118. The van der Waals surface area contributed by atoms with E-state index in [0.29, 0.717) is 29.6 Å². The van der Waals surface area contributed by atoms with Crippen LogP contribution in [0.2, 0.25) is 0 Å². The maximum absolute atomic E-state index is 12.5. The molecule has 3 rings (SSSR count). The second kappa shape index (κ2) is 9.52. The normalized spacial score (nSPS) is 11.8. The summed E-state index contributed by atoms with van der Waals surface area (Å²) >= 11 is 0. The molecule has 0 saturated heterocycles. The fourth-order valence-corrected chi connectivity index (χ4v) is 3.98. The highest BCUT2D eigenvalue weighted by Gasteiger charge is 2.16. The van der Waals surface area contributed by atoms with Crippen molar-refractivity contribution in [3.63, 3.8) is 0 Å². The molecule has 0 aliphatic carbocycles. The molecule has 0 radical (unpaired) electrons. The first kappa shape index (κ1) is 20.8. The molecule has 1 aromatic heterocycles. The van der Waals surface area contributed by atoms with Gasteiger partial charge in [0.25, 0.3) is 0 Å². The highest BCUT2D eigenvalue weighted by atomic mass is 32.2. The van der Waals surface area contributed by atoms with Crippen LogP contribution in [0.1, 0.15) is 22.6 Å². The molecule has 1 atom stereocenters. The van der Waals surface area contributed by atoms with Gasteiger partial charge < -0.3 is 14.5 Å². The van der Waals surface area contributed by atoms with Crippen molar-refractivity contribution in [2.75, 3.05) is 12.9 Å². The first-order chi connectivity index (χ1) is 14.0. The summed E-state index contributed by atoms with van der Waals surface area (Å²) in [4.78, 5) is 16.7. The number of oxazole rings is 1. The number of carbonyl (C=O) groups is 1. The predicted molar refractivity (Wildman–Crippen MR) is 113 cm³/mol. The summed E-state index contributed by atoms with van der Waals surface area (Å²) < 4.78 is 23.5. The Labute approximate surface area is 172 Å². The molecular formula is C22H24N2O4S.